The zero-order chi connectivity index (χ0) is 20.6. The molecule has 3 atom stereocenters. The van der Waals surface area contributed by atoms with Crippen molar-refractivity contribution in [3.8, 4) is 0 Å². The number of hydrogen-bond acceptors (Lipinski definition) is 3. The summed E-state index contributed by atoms with van der Waals surface area (Å²) in [4.78, 5) is 13.0. The lowest BCUT2D eigenvalue weighted by atomic mass is 9.86. The minimum Gasteiger partial charge on any atom is -0.356 e. The number of rotatable bonds is 6. The highest BCUT2D eigenvalue weighted by Crippen LogP contribution is 2.49. The number of nitrogens with one attached hydrogen (secondary N) is 1. The highest BCUT2D eigenvalue weighted by molar-refractivity contribution is 7.89. The van der Waals surface area contributed by atoms with E-state index in [1.165, 1.54) is 25.7 Å². The fourth-order valence-corrected chi connectivity index (χ4v) is 7.52. The van der Waals surface area contributed by atoms with Crippen LogP contribution in [-0.4, -0.2) is 38.3 Å². The van der Waals surface area contributed by atoms with Crippen LogP contribution in [0.4, 0.5) is 0 Å². The molecule has 29 heavy (non-hydrogen) atoms. The maximum atomic E-state index is 13.0. The van der Waals surface area contributed by atoms with Gasteiger partial charge in [0, 0.05) is 25.6 Å². The normalized spacial score (nSPS) is 28.0. The molecule has 1 heterocycles. The fraction of sp³-hybridized carbons (Fsp3) is 0.696. The van der Waals surface area contributed by atoms with Gasteiger partial charge in [0.15, 0.2) is 0 Å². The van der Waals surface area contributed by atoms with Gasteiger partial charge < -0.3 is 5.32 Å². The van der Waals surface area contributed by atoms with E-state index < -0.39 is 10.0 Å². The van der Waals surface area contributed by atoms with E-state index in [2.05, 4.69) is 5.32 Å². The number of nitrogens with zero attached hydrogens (tertiary/aromatic N) is 1. The molecule has 1 saturated heterocycles. The second-order valence-corrected chi connectivity index (χ2v) is 11.4. The largest absolute Gasteiger partial charge is 0.356 e. The number of carbonyl (C=O) groups excluding carboxylic acids is 1. The van der Waals surface area contributed by atoms with Gasteiger partial charge in [0.1, 0.15) is 0 Å². The van der Waals surface area contributed by atoms with Crippen LogP contribution in [0.5, 0.6) is 0 Å². The van der Waals surface area contributed by atoms with E-state index in [-0.39, 0.29) is 11.8 Å². The first-order valence-electron chi connectivity index (χ1n) is 11.2. The highest BCUT2D eigenvalue weighted by Gasteiger charge is 2.39. The first-order chi connectivity index (χ1) is 13.8. The number of fused-ring (bicyclic) bond motifs is 2. The molecule has 1 aromatic carbocycles. The third-order valence-corrected chi connectivity index (χ3v) is 9.53. The van der Waals surface area contributed by atoms with Crippen LogP contribution < -0.4 is 5.32 Å². The summed E-state index contributed by atoms with van der Waals surface area (Å²) in [5, 5.41) is 3.13. The third-order valence-electron chi connectivity index (χ3n) is 7.47. The molecule has 5 nitrogen and oxygen atoms in total. The Bertz CT molecular complexity index is 859. The van der Waals surface area contributed by atoms with E-state index >= 15 is 0 Å². The number of hydrogen-bond donors (Lipinski definition) is 1. The van der Waals surface area contributed by atoms with Crippen molar-refractivity contribution in [1.82, 2.24) is 9.62 Å². The molecule has 3 aliphatic rings. The second kappa shape index (κ2) is 8.38. The predicted octanol–water partition coefficient (Wildman–Crippen LogP) is 3.65. The maximum absolute atomic E-state index is 13.0. The lowest BCUT2D eigenvalue weighted by molar-refractivity contribution is -0.126. The van der Waals surface area contributed by atoms with Gasteiger partial charge in [-0.2, -0.15) is 4.31 Å². The molecule has 6 heteroatoms. The summed E-state index contributed by atoms with van der Waals surface area (Å²) in [7, 11) is -3.49. The van der Waals surface area contributed by atoms with Gasteiger partial charge in [-0.05, 0) is 81.8 Å². The van der Waals surface area contributed by atoms with E-state index in [9.17, 15) is 13.2 Å². The van der Waals surface area contributed by atoms with Crippen LogP contribution in [-0.2, 0) is 14.8 Å². The maximum Gasteiger partial charge on any atom is 0.243 e. The number of aryl methyl sites for hydroxylation is 2. The second-order valence-electron chi connectivity index (χ2n) is 9.46. The zero-order valence-corrected chi connectivity index (χ0v) is 18.5. The van der Waals surface area contributed by atoms with Crippen molar-refractivity contribution in [3.05, 3.63) is 29.3 Å². The molecule has 1 N–H and O–H groups in total. The molecular formula is C23H34N2O3S. The summed E-state index contributed by atoms with van der Waals surface area (Å²) >= 11 is 0. The number of benzene rings is 1. The number of carbonyl (C=O) groups is 1. The lowest BCUT2D eigenvalue weighted by Crippen LogP contribution is -2.43. The monoisotopic (exact) mass is 418 g/mol. The van der Waals surface area contributed by atoms with Crippen molar-refractivity contribution in [1.29, 1.82) is 0 Å². The molecule has 2 saturated carbocycles. The summed E-state index contributed by atoms with van der Waals surface area (Å²) < 4.78 is 27.6. The van der Waals surface area contributed by atoms with Gasteiger partial charge >= 0.3 is 0 Å². The summed E-state index contributed by atoms with van der Waals surface area (Å²) in [6.45, 7) is 5.41. The predicted molar refractivity (Wildman–Crippen MR) is 114 cm³/mol. The lowest BCUT2D eigenvalue weighted by Gasteiger charge is -2.31. The van der Waals surface area contributed by atoms with Gasteiger partial charge in [0.05, 0.1) is 4.90 Å². The van der Waals surface area contributed by atoms with Crippen molar-refractivity contribution >= 4 is 15.9 Å². The minimum atomic E-state index is -3.49. The summed E-state index contributed by atoms with van der Waals surface area (Å²) in [6.07, 6.45) is 7.87. The van der Waals surface area contributed by atoms with Gasteiger partial charge in [-0.25, -0.2) is 8.42 Å². The van der Waals surface area contributed by atoms with Crippen LogP contribution in [0.15, 0.2) is 23.1 Å². The molecule has 0 aromatic heterocycles. The molecule has 3 fully saturated rings. The third kappa shape index (κ3) is 4.38. The highest BCUT2D eigenvalue weighted by atomic mass is 32.2. The van der Waals surface area contributed by atoms with Crippen LogP contribution >= 0.6 is 0 Å². The molecule has 160 valence electrons. The first-order valence-corrected chi connectivity index (χ1v) is 12.6. The Morgan fingerprint density at radius 2 is 1.86 bits per heavy atom. The van der Waals surface area contributed by atoms with Crippen molar-refractivity contribution in [2.75, 3.05) is 19.6 Å². The molecule has 1 aromatic rings. The molecule has 2 bridgehead atoms. The number of sulfonamides is 1. The Morgan fingerprint density at radius 3 is 2.48 bits per heavy atom. The molecule has 0 radical (unpaired) electrons. The van der Waals surface area contributed by atoms with Gasteiger partial charge in [0.25, 0.3) is 0 Å². The Hall–Kier alpha value is -1.40. The summed E-state index contributed by atoms with van der Waals surface area (Å²) in [5.74, 6) is 2.69. The molecule has 3 unspecified atom stereocenters. The quantitative estimate of drug-likeness (QED) is 0.767. The Balaban J connectivity index is 1.25. The topological polar surface area (TPSA) is 66.5 Å². The average molecular weight is 419 g/mol. The standard InChI is InChI=1S/C23H34N2O3S/c1-16-3-6-22(17(2)13-16)29(27,28)25-11-8-19(9-12-25)23(26)24-10-7-21-15-18-4-5-20(21)14-18/h3,6,13,18-21H,4-5,7-12,14-15H2,1-2H3,(H,24,26). The van der Waals surface area contributed by atoms with E-state index in [0.29, 0.717) is 30.8 Å². The van der Waals surface area contributed by atoms with Crippen LogP contribution in [0, 0.1) is 37.5 Å². The van der Waals surface area contributed by atoms with Gasteiger partial charge in [0.2, 0.25) is 15.9 Å². The minimum absolute atomic E-state index is 0.0689. The fourth-order valence-electron chi connectivity index (χ4n) is 5.84. The number of piperidine rings is 1. The molecular weight excluding hydrogens is 384 g/mol. The van der Waals surface area contributed by atoms with Crippen molar-refractivity contribution in [3.63, 3.8) is 0 Å². The SMILES string of the molecule is Cc1ccc(S(=O)(=O)N2CCC(C(=O)NCCC3CC4CCC3C4)CC2)c(C)c1. The van der Waals surface area contributed by atoms with E-state index in [4.69, 9.17) is 0 Å². The molecule has 4 rings (SSSR count). The van der Waals surface area contributed by atoms with Crippen molar-refractivity contribution in [2.24, 2.45) is 23.7 Å². The summed E-state index contributed by atoms with van der Waals surface area (Å²) in [6, 6.07) is 5.45. The van der Waals surface area contributed by atoms with E-state index in [1.54, 1.807) is 10.4 Å². The van der Waals surface area contributed by atoms with Crippen molar-refractivity contribution < 1.29 is 13.2 Å². The van der Waals surface area contributed by atoms with Gasteiger partial charge in [-0.3, -0.25) is 4.79 Å². The van der Waals surface area contributed by atoms with Crippen LogP contribution in [0.2, 0.25) is 0 Å². The number of amides is 1. The van der Waals surface area contributed by atoms with Crippen molar-refractivity contribution in [2.45, 2.75) is 63.7 Å². The Labute approximate surface area is 175 Å². The van der Waals surface area contributed by atoms with E-state index in [0.717, 1.165) is 41.8 Å². The molecule has 1 aliphatic heterocycles. The van der Waals surface area contributed by atoms with Gasteiger partial charge in [-0.1, -0.05) is 24.1 Å². The Kier molecular flexibility index (Phi) is 6.03. The average Bonchev–Trinajstić information content (AvgIpc) is 3.31. The molecule has 0 spiro atoms. The first kappa shape index (κ1) is 20.9. The Morgan fingerprint density at radius 1 is 1.10 bits per heavy atom. The molecule has 2 aliphatic carbocycles. The zero-order valence-electron chi connectivity index (χ0n) is 17.7. The van der Waals surface area contributed by atoms with Crippen LogP contribution in [0.1, 0.15) is 56.1 Å². The summed E-state index contributed by atoms with van der Waals surface area (Å²) in [5.41, 5.74) is 1.84. The van der Waals surface area contributed by atoms with Crippen LogP contribution in [0.3, 0.4) is 0 Å². The van der Waals surface area contributed by atoms with Gasteiger partial charge in [-0.15, -0.1) is 0 Å². The molecule has 1 amide bonds. The smallest absolute Gasteiger partial charge is 0.243 e. The van der Waals surface area contributed by atoms with E-state index in [1.807, 2.05) is 26.0 Å². The van der Waals surface area contributed by atoms with Crippen LogP contribution in [0.25, 0.3) is 0 Å².